The maximum absolute atomic E-state index is 13.0. The topological polar surface area (TPSA) is 78.4 Å². The Morgan fingerprint density at radius 1 is 1.38 bits per heavy atom. The SMILES string of the molecule is Cc1cc(Nc2ccc(F)cn2)cc([C@H]2CCCN2C(=O)C(C)(C)O)n1. The number of halogens is 1. The van der Waals surface area contributed by atoms with Crippen LogP contribution in [0.15, 0.2) is 30.5 Å². The fourth-order valence-electron chi connectivity index (χ4n) is 3.20. The van der Waals surface area contributed by atoms with E-state index in [1.807, 2.05) is 19.1 Å². The number of pyridine rings is 2. The van der Waals surface area contributed by atoms with Crippen LogP contribution in [-0.4, -0.2) is 38.0 Å². The highest BCUT2D eigenvalue weighted by Gasteiger charge is 2.37. The molecule has 0 aliphatic carbocycles. The van der Waals surface area contributed by atoms with Crippen molar-refractivity contribution < 1.29 is 14.3 Å². The third-order valence-electron chi connectivity index (χ3n) is 4.35. The normalized spacial score (nSPS) is 17.4. The Labute approximate surface area is 152 Å². The van der Waals surface area contributed by atoms with Crippen LogP contribution in [0.25, 0.3) is 0 Å². The molecule has 3 heterocycles. The molecule has 0 bridgehead atoms. The van der Waals surface area contributed by atoms with Crippen molar-refractivity contribution in [3.05, 3.63) is 47.7 Å². The molecule has 3 rings (SSSR count). The number of aryl methyl sites for hydroxylation is 1. The van der Waals surface area contributed by atoms with Crippen LogP contribution in [0.3, 0.4) is 0 Å². The van der Waals surface area contributed by atoms with Crippen LogP contribution in [0.4, 0.5) is 15.9 Å². The number of carbonyl (C=O) groups is 1. The first-order valence-corrected chi connectivity index (χ1v) is 8.64. The van der Waals surface area contributed by atoms with E-state index in [9.17, 15) is 14.3 Å². The summed E-state index contributed by atoms with van der Waals surface area (Å²) in [6.45, 7) is 5.48. The van der Waals surface area contributed by atoms with Crippen LogP contribution in [-0.2, 0) is 4.79 Å². The molecule has 0 aromatic carbocycles. The third-order valence-corrected chi connectivity index (χ3v) is 4.35. The molecule has 1 saturated heterocycles. The molecular weight excluding hydrogens is 335 g/mol. The van der Waals surface area contributed by atoms with Gasteiger partial charge >= 0.3 is 0 Å². The first-order valence-electron chi connectivity index (χ1n) is 8.64. The van der Waals surface area contributed by atoms with E-state index in [1.54, 1.807) is 11.0 Å². The van der Waals surface area contributed by atoms with Crippen LogP contribution >= 0.6 is 0 Å². The van der Waals surface area contributed by atoms with Crippen LogP contribution in [0.2, 0.25) is 0 Å². The molecule has 7 heteroatoms. The van der Waals surface area contributed by atoms with Gasteiger partial charge in [0.2, 0.25) is 0 Å². The van der Waals surface area contributed by atoms with Gasteiger partial charge in [-0.3, -0.25) is 9.78 Å². The largest absolute Gasteiger partial charge is 0.381 e. The Morgan fingerprint density at radius 2 is 2.15 bits per heavy atom. The molecule has 1 aliphatic heterocycles. The second-order valence-electron chi connectivity index (χ2n) is 7.12. The van der Waals surface area contributed by atoms with Crippen molar-refractivity contribution in [2.75, 3.05) is 11.9 Å². The van der Waals surface area contributed by atoms with Crippen molar-refractivity contribution in [2.24, 2.45) is 0 Å². The summed E-state index contributed by atoms with van der Waals surface area (Å²) in [5, 5.41) is 13.2. The fraction of sp³-hybridized carbons (Fsp3) is 0.421. The summed E-state index contributed by atoms with van der Waals surface area (Å²) >= 11 is 0. The number of nitrogens with one attached hydrogen (secondary N) is 1. The Balaban J connectivity index is 1.87. The zero-order chi connectivity index (χ0) is 18.9. The van der Waals surface area contributed by atoms with Gasteiger partial charge in [-0.1, -0.05) is 0 Å². The maximum atomic E-state index is 13.0. The maximum Gasteiger partial charge on any atom is 0.254 e. The molecule has 1 atom stereocenters. The first kappa shape index (κ1) is 18.3. The summed E-state index contributed by atoms with van der Waals surface area (Å²) in [6, 6.07) is 6.47. The molecule has 0 spiro atoms. The lowest BCUT2D eigenvalue weighted by atomic mass is 10.1. The number of anilines is 2. The minimum absolute atomic E-state index is 0.171. The van der Waals surface area contributed by atoms with Gasteiger partial charge in [0.25, 0.3) is 5.91 Å². The fourth-order valence-corrected chi connectivity index (χ4v) is 3.20. The lowest BCUT2D eigenvalue weighted by Crippen LogP contribution is -2.44. The van der Waals surface area contributed by atoms with E-state index < -0.39 is 11.4 Å². The number of hydrogen-bond donors (Lipinski definition) is 2. The molecule has 1 fully saturated rings. The monoisotopic (exact) mass is 358 g/mol. The van der Waals surface area contributed by atoms with Gasteiger partial charge in [-0.2, -0.15) is 0 Å². The van der Waals surface area contributed by atoms with Gasteiger partial charge in [0.05, 0.1) is 17.9 Å². The average molecular weight is 358 g/mol. The van der Waals surface area contributed by atoms with Crippen molar-refractivity contribution in [1.29, 1.82) is 0 Å². The molecule has 1 aliphatic rings. The van der Waals surface area contributed by atoms with Crippen molar-refractivity contribution in [1.82, 2.24) is 14.9 Å². The second kappa shape index (κ2) is 6.99. The predicted molar refractivity (Wildman–Crippen MR) is 96.4 cm³/mol. The number of aromatic nitrogens is 2. The molecule has 2 aromatic heterocycles. The van der Waals surface area contributed by atoms with Crippen molar-refractivity contribution in [2.45, 2.75) is 45.3 Å². The molecule has 138 valence electrons. The average Bonchev–Trinajstić information content (AvgIpc) is 3.04. The van der Waals surface area contributed by atoms with Crippen molar-refractivity contribution in [3.8, 4) is 0 Å². The highest BCUT2D eigenvalue weighted by molar-refractivity contribution is 5.84. The number of nitrogens with zero attached hydrogens (tertiary/aromatic N) is 3. The summed E-state index contributed by atoms with van der Waals surface area (Å²) in [5.41, 5.74) is 0.930. The van der Waals surface area contributed by atoms with E-state index in [0.717, 1.165) is 36.1 Å². The number of amides is 1. The molecule has 2 aromatic rings. The van der Waals surface area contributed by atoms with Gasteiger partial charge < -0.3 is 15.3 Å². The number of rotatable bonds is 4. The molecule has 1 amide bonds. The molecule has 6 nitrogen and oxygen atoms in total. The van der Waals surface area contributed by atoms with Gasteiger partial charge in [-0.25, -0.2) is 9.37 Å². The molecule has 0 radical (unpaired) electrons. The minimum atomic E-state index is -1.41. The highest BCUT2D eigenvalue weighted by Crippen LogP contribution is 2.34. The van der Waals surface area contributed by atoms with Crippen LogP contribution in [0.5, 0.6) is 0 Å². The summed E-state index contributed by atoms with van der Waals surface area (Å²) in [6.07, 6.45) is 2.81. The van der Waals surface area contributed by atoms with Crippen molar-refractivity contribution in [3.63, 3.8) is 0 Å². The van der Waals surface area contributed by atoms with E-state index >= 15 is 0 Å². The molecule has 2 N–H and O–H groups in total. The van der Waals surface area contributed by atoms with E-state index in [1.165, 1.54) is 19.9 Å². The lowest BCUT2D eigenvalue weighted by molar-refractivity contribution is -0.148. The van der Waals surface area contributed by atoms with Gasteiger partial charge in [0, 0.05) is 17.9 Å². The van der Waals surface area contributed by atoms with Gasteiger partial charge in [0.15, 0.2) is 0 Å². The van der Waals surface area contributed by atoms with Gasteiger partial charge in [-0.15, -0.1) is 0 Å². The minimum Gasteiger partial charge on any atom is -0.381 e. The van der Waals surface area contributed by atoms with E-state index in [0.29, 0.717) is 12.4 Å². The summed E-state index contributed by atoms with van der Waals surface area (Å²) < 4.78 is 13.0. The quantitative estimate of drug-likeness (QED) is 0.878. The first-order chi connectivity index (χ1) is 12.2. The van der Waals surface area contributed by atoms with Gasteiger partial charge in [0.1, 0.15) is 17.2 Å². The molecule has 26 heavy (non-hydrogen) atoms. The predicted octanol–water partition coefficient (Wildman–Crippen LogP) is 3.10. The lowest BCUT2D eigenvalue weighted by Gasteiger charge is -2.30. The Bertz CT molecular complexity index is 802. The number of aliphatic hydroxyl groups is 1. The summed E-state index contributed by atoms with van der Waals surface area (Å²) in [4.78, 5) is 22.8. The number of hydrogen-bond acceptors (Lipinski definition) is 5. The third kappa shape index (κ3) is 3.99. The van der Waals surface area contributed by atoms with E-state index in [2.05, 4.69) is 15.3 Å². The van der Waals surface area contributed by atoms with Gasteiger partial charge in [-0.05, 0) is 57.9 Å². The Hall–Kier alpha value is -2.54. The number of likely N-dealkylation sites (tertiary alicyclic amines) is 1. The van der Waals surface area contributed by atoms with Crippen molar-refractivity contribution >= 4 is 17.4 Å². The molecule has 0 saturated carbocycles. The Morgan fingerprint density at radius 3 is 2.81 bits per heavy atom. The second-order valence-corrected chi connectivity index (χ2v) is 7.12. The van der Waals surface area contributed by atoms with Crippen LogP contribution in [0.1, 0.15) is 44.1 Å². The van der Waals surface area contributed by atoms with Crippen LogP contribution < -0.4 is 5.32 Å². The Kier molecular flexibility index (Phi) is 4.91. The standard InChI is InChI=1S/C19H23FN4O2/c1-12-9-14(23-17-7-6-13(20)11-21-17)10-15(22-12)16-5-4-8-24(16)18(25)19(2,3)26/h6-7,9-11,16,26H,4-5,8H2,1-3H3,(H,21,22,23)/t16-/m1/s1. The molecular formula is C19H23FN4O2. The smallest absolute Gasteiger partial charge is 0.254 e. The highest BCUT2D eigenvalue weighted by atomic mass is 19.1. The number of carbonyl (C=O) groups excluding carboxylic acids is 1. The zero-order valence-electron chi connectivity index (χ0n) is 15.2. The zero-order valence-corrected chi connectivity index (χ0v) is 15.2. The molecule has 0 unspecified atom stereocenters. The van der Waals surface area contributed by atoms with E-state index in [-0.39, 0.29) is 11.9 Å². The summed E-state index contributed by atoms with van der Waals surface area (Å²) in [5.74, 6) is -0.161. The van der Waals surface area contributed by atoms with Crippen LogP contribution in [0, 0.1) is 12.7 Å². The summed E-state index contributed by atoms with van der Waals surface area (Å²) in [7, 11) is 0. The van der Waals surface area contributed by atoms with E-state index in [4.69, 9.17) is 0 Å².